The van der Waals surface area contributed by atoms with Gasteiger partial charge < -0.3 is 15.0 Å². The Morgan fingerprint density at radius 2 is 2.07 bits per heavy atom. The fraction of sp³-hybridized carbons (Fsp3) is 0.550. The Morgan fingerprint density at radius 3 is 2.71 bits per heavy atom. The van der Waals surface area contributed by atoms with Gasteiger partial charge in [-0.1, -0.05) is 12.1 Å². The van der Waals surface area contributed by atoms with Crippen LogP contribution in [0, 0.1) is 6.92 Å². The number of likely N-dealkylation sites (tertiary alicyclic amines) is 1. The zero-order chi connectivity index (χ0) is 20.1. The molecule has 28 heavy (non-hydrogen) atoms. The Kier molecular flexibility index (Phi) is 6.51. The van der Waals surface area contributed by atoms with Crippen molar-refractivity contribution in [2.24, 2.45) is 0 Å². The first-order valence-electron chi connectivity index (χ1n) is 9.82. The van der Waals surface area contributed by atoms with Crippen LogP contribution < -0.4 is 11.0 Å². The van der Waals surface area contributed by atoms with E-state index in [-0.39, 0.29) is 17.6 Å². The predicted molar refractivity (Wildman–Crippen MR) is 108 cm³/mol. The van der Waals surface area contributed by atoms with E-state index in [0.717, 1.165) is 29.9 Å². The van der Waals surface area contributed by atoms with Crippen LogP contribution in [0.1, 0.15) is 37.1 Å². The van der Waals surface area contributed by atoms with Gasteiger partial charge in [-0.3, -0.25) is 4.57 Å². The standard InChI is InChI=1S/C20H29N5O3/c1-4-24-18(22-25(20(24)27)12-13-28-3)16-8-10-23(11-9-16)19(26)21-17-7-5-6-15(2)14-17/h5-7,14,16H,4,8-13H2,1-3H3,(H,21,26). The van der Waals surface area contributed by atoms with Crippen molar-refractivity contribution in [2.45, 2.75) is 45.7 Å². The molecule has 0 bridgehead atoms. The number of ether oxygens (including phenoxy) is 1. The number of benzene rings is 1. The van der Waals surface area contributed by atoms with Crippen LogP contribution >= 0.6 is 0 Å². The zero-order valence-electron chi connectivity index (χ0n) is 16.9. The second-order valence-electron chi connectivity index (χ2n) is 7.16. The number of hydrogen-bond acceptors (Lipinski definition) is 4. The van der Waals surface area contributed by atoms with E-state index < -0.39 is 0 Å². The molecule has 0 aliphatic carbocycles. The van der Waals surface area contributed by atoms with Gasteiger partial charge in [0.1, 0.15) is 5.82 Å². The van der Waals surface area contributed by atoms with E-state index in [1.807, 2.05) is 43.0 Å². The molecule has 3 rings (SSSR count). The van der Waals surface area contributed by atoms with E-state index >= 15 is 0 Å². The summed E-state index contributed by atoms with van der Waals surface area (Å²) in [4.78, 5) is 26.9. The Morgan fingerprint density at radius 1 is 1.32 bits per heavy atom. The quantitative estimate of drug-likeness (QED) is 0.825. The maximum atomic E-state index is 12.5. The highest BCUT2D eigenvalue weighted by Gasteiger charge is 2.28. The Balaban J connectivity index is 1.63. The van der Waals surface area contributed by atoms with Gasteiger partial charge in [0.15, 0.2) is 0 Å². The molecular weight excluding hydrogens is 358 g/mol. The summed E-state index contributed by atoms with van der Waals surface area (Å²) in [5.41, 5.74) is 1.83. The first-order chi connectivity index (χ1) is 13.5. The average Bonchev–Trinajstić information content (AvgIpc) is 3.02. The van der Waals surface area contributed by atoms with Crippen molar-refractivity contribution in [3.63, 3.8) is 0 Å². The van der Waals surface area contributed by atoms with Crippen LogP contribution in [0.4, 0.5) is 10.5 Å². The molecule has 0 saturated carbocycles. The highest BCUT2D eigenvalue weighted by molar-refractivity contribution is 5.89. The van der Waals surface area contributed by atoms with E-state index in [1.165, 1.54) is 4.68 Å². The lowest BCUT2D eigenvalue weighted by Crippen LogP contribution is -2.41. The highest BCUT2D eigenvalue weighted by Crippen LogP contribution is 2.26. The maximum Gasteiger partial charge on any atom is 0.345 e. The van der Waals surface area contributed by atoms with Gasteiger partial charge in [-0.25, -0.2) is 14.3 Å². The largest absolute Gasteiger partial charge is 0.383 e. The van der Waals surface area contributed by atoms with E-state index in [9.17, 15) is 9.59 Å². The molecule has 2 heterocycles. The number of aryl methyl sites for hydroxylation is 1. The lowest BCUT2D eigenvalue weighted by atomic mass is 9.96. The molecule has 8 nitrogen and oxygen atoms in total. The summed E-state index contributed by atoms with van der Waals surface area (Å²) in [6.07, 6.45) is 1.59. The van der Waals surface area contributed by atoms with Crippen LogP contribution in [0.25, 0.3) is 0 Å². The Labute approximate surface area is 165 Å². The topological polar surface area (TPSA) is 81.4 Å². The molecule has 1 aliphatic heterocycles. The lowest BCUT2D eigenvalue weighted by molar-refractivity contribution is 0.181. The zero-order valence-corrected chi connectivity index (χ0v) is 16.9. The minimum Gasteiger partial charge on any atom is -0.383 e. The van der Waals surface area contributed by atoms with Gasteiger partial charge in [-0.2, -0.15) is 5.10 Å². The monoisotopic (exact) mass is 387 g/mol. The number of carbonyl (C=O) groups is 1. The van der Waals surface area contributed by atoms with E-state index in [0.29, 0.717) is 32.8 Å². The number of urea groups is 1. The summed E-state index contributed by atoms with van der Waals surface area (Å²) in [6, 6.07) is 7.70. The minimum atomic E-state index is -0.0887. The number of nitrogens with one attached hydrogen (secondary N) is 1. The maximum absolute atomic E-state index is 12.5. The van der Waals surface area contributed by atoms with Crippen LogP contribution in [-0.4, -0.2) is 52.1 Å². The molecule has 0 unspecified atom stereocenters. The summed E-state index contributed by atoms with van der Waals surface area (Å²) >= 11 is 0. The molecular formula is C20H29N5O3. The van der Waals surface area contributed by atoms with Crippen molar-refractivity contribution in [2.75, 3.05) is 32.1 Å². The van der Waals surface area contributed by atoms with Crippen LogP contribution in [0.15, 0.2) is 29.1 Å². The molecule has 0 radical (unpaired) electrons. The van der Waals surface area contributed by atoms with Gasteiger partial charge in [0.05, 0.1) is 13.2 Å². The van der Waals surface area contributed by atoms with Gasteiger partial charge in [0, 0.05) is 38.3 Å². The SMILES string of the molecule is CCn1c(C2CCN(C(=O)Nc3cccc(C)c3)CC2)nn(CCOC)c1=O. The number of hydrogen-bond donors (Lipinski definition) is 1. The van der Waals surface area contributed by atoms with E-state index in [1.54, 1.807) is 11.7 Å². The summed E-state index contributed by atoms with van der Waals surface area (Å²) in [7, 11) is 1.61. The number of methoxy groups -OCH3 is 1. The molecule has 1 aliphatic rings. The number of piperidine rings is 1. The van der Waals surface area contributed by atoms with Crippen molar-refractivity contribution in [1.29, 1.82) is 0 Å². The fourth-order valence-corrected chi connectivity index (χ4v) is 3.65. The van der Waals surface area contributed by atoms with Gasteiger partial charge in [-0.15, -0.1) is 0 Å². The van der Waals surface area contributed by atoms with Crippen LogP contribution in [0.5, 0.6) is 0 Å². The third-order valence-electron chi connectivity index (χ3n) is 5.19. The summed E-state index contributed by atoms with van der Waals surface area (Å²) in [5.74, 6) is 1.00. The molecule has 8 heteroatoms. The minimum absolute atomic E-state index is 0.0810. The van der Waals surface area contributed by atoms with Gasteiger partial charge in [0.25, 0.3) is 0 Å². The summed E-state index contributed by atoms with van der Waals surface area (Å²) in [5, 5.41) is 7.52. The van der Waals surface area contributed by atoms with Gasteiger partial charge in [0.2, 0.25) is 0 Å². The third-order valence-corrected chi connectivity index (χ3v) is 5.19. The normalized spacial score (nSPS) is 15.0. The van der Waals surface area contributed by atoms with Gasteiger partial charge >= 0.3 is 11.7 Å². The van der Waals surface area contributed by atoms with Crippen molar-refractivity contribution >= 4 is 11.7 Å². The number of anilines is 1. The molecule has 2 aromatic rings. The highest BCUT2D eigenvalue weighted by atomic mass is 16.5. The number of amides is 2. The van der Waals surface area contributed by atoms with Crippen molar-refractivity contribution < 1.29 is 9.53 Å². The number of carbonyl (C=O) groups excluding carboxylic acids is 1. The molecule has 0 atom stereocenters. The molecule has 1 fully saturated rings. The second-order valence-corrected chi connectivity index (χ2v) is 7.16. The predicted octanol–water partition coefficient (Wildman–Crippen LogP) is 2.43. The summed E-state index contributed by atoms with van der Waals surface area (Å²) in [6.45, 7) is 6.74. The number of nitrogens with zero attached hydrogens (tertiary/aromatic N) is 4. The molecule has 152 valence electrons. The molecule has 1 saturated heterocycles. The Hall–Kier alpha value is -2.61. The Bertz CT molecular complexity index is 865. The van der Waals surface area contributed by atoms with Crippen molar-refractivity contribution in [3.8, 4) is 0 Å². The molecule has 1 aromatic carbocycles. The first kappa shape index (κ1) is 20.1. The lowest BCUT2D eigenvalue weighted by Gasteiger charge is -2.31. The second kappa shape index (κ2) is 9.05. The number of rotatable bonds is 6. The van der Waals surface area contributed by atoms with Crippen LogP contribution in [0.2, 0.25) is 0 Å². The van der Waals surface area contributed by atoms with E-state index in [4.69, 9.17) is 4.74 Å². The fourth-order valence-electron chi connectivity index (χ4n) is 3.65. The molecule has 0 spiro atoms. The first-order valence-corrected chi connectivity index (χ1v) is 9.82. The number of aromatic nitrogens is 3. The average molecular weight is 387 g/mol. The van der Waals surface area contributed by atoms with Crippen molar-refractivity contribution in [3.05, 3.63) is 46.1 Å². The van der Waals surface area contributed by atoms with E-state index in [2.05, 4.69) is 10.4 Å². The molecule has 1 aromatic heterocycles. The molecule has 2 amide bonds. The van der Waals surface area contributed by atoms with Crippen molar-refractivity contribution in [1.82, 2.24) is 19.2 Å². The molecule has 1 N–H and O–H groups in total. The van der Waals surface area contributed by atoms with Crippen LogP contribution in [0.3, 0.4) is 0 Å². The van der Waals surface area contributed by atoms with Crippen LogP contribution in [-0.2, 0) is 17.8 Å². The third kappa shape index (κ3) is 4.44. The van der Waals surface area contributed by atoms with Gasteiger partial charge in [-0.05, 0) is 44.4 Å². The smallest absolute Gasteiger partial charge is 0.345 e. The summed E-state index contributed by atoms with van der Waals surface area (Å²) < 4.78 is 8.29.